The SMILES string of the molecule is CC1=NCN(OCC(C)NCCN(C)C)C=C1. The second kappa shape index (κ2) is 7.42. The van der Waals surface area contributed by atoms with E-state index in [1.807, 2.05) is 19.2 Å². The lowest BCUT2D eigenvalue weighted by Crippen LogP contribution is -2.37. The van der Waals surface area contributed by atoms with Crippen LogP contribution in [0, 0.1) is 0 Å². The lowest BCUT2D eigenvalue weighted by Gasteiger charge is -2.23. The number of rotatable bonds is 7. The quantitative estimate of drug-likeness (QED) is 0.711. The van der Waals surface area contributed by atoms with E-state index in [2.05, 4.69) is 36.2 Å². The summed E-state index contributed by atoms with van der Waals surface area (Å²) in [5.41, 5.74) is 1.04. The third-order valence-electron chi connectivity index (χ3n) is 2.48. The van der Waals surface area contributed by atoms with Gasteiger partial charge in [-0.15, -0.1) is 0 Å². The number of nitrogens with one attached hydrogen (secondary N) is 1. The van der Waals surface area contributed by atoms with E-state index in [4.69, 9.17) is 4.84 Å². The summed E-state index contributed by atoms with van der Waals surface area (Å²) in [5, 5.41) is 5.17. The Hall–Kier alpha value is -0.910. The number of allylic oxidation sites excluding steroid dienone is 1. The molecular formula is C12H24N4O. The Morgan fingerprint density at radius 2 is 2.35 bits per heavy atom. The summed E-state index contributed by atoms with van der Waals surface area (Å²) in [6.07, 6.45) is 3.88. The zero-order valence-electron chi connectivity index (χ0n) is 11.3. The van der Waals surface area contributed by atoms with Crippen molar-refractivity contribution in [3.8, 4) is 0 Å². The summed E-state index contributed by atoms with van der Waals surface area (Å²) in [4.78, 5) is 12.1. The van der Waals surface area contributed by atoms with Crippen LogP contribution in [0.4, 0.5) is 0 Å². The molecule has 1 unspecified atom stereocenters. The van der Waals surface area contributed by atoms with Crippen LogP contribution in [0.5, 0.6) is 0 Å². The van der Waals surface area contributed by atoms with Crippen molar-refractivity contribution < 1.29 is 4.84 Å². The Balaban J connectivity index is 2.08. The van der Waals surface area contributed by atoms with E-state index in [9.17, 15) is 0 Å². The minimum atomic E-state index is 0.343. The van der Waals surface area contributed by atoms with Crippen LogP contribution < -0.4 is 5.32 Å². The fraction of sp³-hybridized carbons (Fsp3) is 0.750. The number of nitrogens with zero attached hydrogens (tertiary/aromatic N) is 3. The van der Waals surface area contributed by atoms with Crippen LogP contribution in [-0.2, 0) is 4.84 Å². The van der Waals surface area contributed by atoms with Crippen LogP contribution in [-0.4, -0.2) is 62.2 Å². The van der Waals surface area contributed by atoms with E-state index >= 15 is 0 Å². The first kappa shape index (κ1) is 14.2. The molecule has 0 aromatic heterocycles. The van der Waals surface area contributed by atoms with Crippen LogP contribution in [0.25, 0.3) is 0 Å². The van der Waals surface area contributed by atoms with Crippen LogP contribution in [0.15, 0.2) is 17.3 Å². The molecule has 0 fully saturated rings. The van der Waals surface area contributed by atoms with Gasteiger partial charge >= 0.3 is 0 Å². The van der Waals surface area contributed by atoms with Gasteiger partial charge < -0.3 is 10.2 Å². The molecule has 98 valence electrons. The molecule has 1 aliphatic heterocycles. The van der Waals surface area contributed by atoms with Gasteiger partial charge in [0.1, 0.15) is 6.67 Å². The Bertz CT molecular complexity index is 276. The van der Waals surface area contributed by atoms with Crippen molar-refractivity contribution in [1.82, 2.24) is 15.3 Å². The summed E-state index contributed by atoms with van der Waals surface area (Å²) in [6, 6.07) is 0.343. The van der Waals surface area contributed by atoms with Crippen molar-refractivity contribution >= 4 is 5.71 Å². The molecule has 0 aliphatic carbocycles. The first-order valence-electron chi connectivity index (χ1n) is 6.05. The number of hydrogen-bond donors (Lipinski definition) is 1. The van der Waals surface area contributed by atoms with Gasteiger partial charge in [-0.05, 0) is 34.0 Å². The van der Waals surface area contributed by atoms with E-state index < -0.39 is 0 Å². The molecule has 1 N–H and O–H groups in total. The van der Waals surface area contributed by atoms with Gasteiger partial charge in [0.05, 0.1) is 6.61 Å². The fourth-order valence-electron chi connectivity index (χ4n) is 1.36. The fourth-order valence-corrected chi connectivity index (χ4v) is 1.36. The molecule has 0 aromatic rings. The molecule has 0 aromatic carbocycles. The summed E-state index contributed by atoms with van der Waals surface area (Å²) >= 11 is 0. The summed E-state index contributed by atoms with van der Waals surface area (Å²) in [6.45, 7) is 7.37. The van der Waals surface area contributed by atoms with Gasteiger partial charge in [-0.25, -0.2) is 5.06 Å². The lowest BCUT2D eigenvalue weighted by molar-refractivity contribution is -0.125. The summed E-state index contributed by atoms with van der Waals surface area (Å²) < 4.78 is 0. The second-order valence-electron chi connectivity index (χ2n) is 4.63. The van der Waals surface area contributed by atoms with Gasteiger partial charge in [0.2, 0.25) is 0 Å². The van der Waals surface area contributed by atoms with E-state index in [1.54, 1.807) is 5.06 Å². The molecule has 0 saturated carbocycles. The Kier molecular flexibility index (Phi) is 6.18. The molecular weight excluding hydrogens is 216 g/mol. The largest absolute Gasteiger partial charge is 0.311 e. The summed E-state index contributed by atoms with van der Waals surface area (Å²) in [5.74, 6) is 0. The van der Waals surface area contributed by atoms with Crippen molar-refractivity contribution in [2.24, 2.45) is 4.99 Å². The van der Waals surface area contributed by atoms with Crippen LogP contribution in [0.2, 0.25) is 0 Å². The Morgan fingerprint density at radius 3 is 2.94 bits per heavy atom. The van der Waals surface area contributed by atoms with Gasteiger partial charge in [-0.2, -0.15) is 0 Å². The third-order valence-corrected chi connectivity index (χ3v) is 2.48. The highest BCUT2D eigenvalue weighted by molar-refractivity contribution is 5.93. The average molecular weight is 240 g/mol. The highest BCUT2D eigenvalue weighted by Crippen LogP contribution is 2.01. The highest BCUT2D eigenvalue weighted by Gasteiger charge is 2.07. The average Bonchev–Trinajstić information content (AvgIpc) is 2.28. The normalized spacial score (nSPS) is 17.5. The van der Waals surface area contributed by atoms with E-state index in [0.717, 1.165) is 18.8 Å². The minimum absolute atomic E-state index is 0.343. The zero-order chi connectivity index (χ0) is 12.7. The third kappa shape index (κ3) is 6.41. The van der Waals surface area contributed by atoms with Crippen molar-refractivity contribution in [3.05, 3.63) is 12.3 Å². The lowest BCUT2D eigenvalue weighted by atomic mass is 10.3. The van der Waals surface area contributed by atoms with Crippen LogP contribution in [0.1, 0.15) is 13.8 Å². The summed E-state index contributed by atoms with van der Waals surface area (Å²) in [7, 11) is 4.14. The smallest absolute Gasteiger partial charge is 0.135 e. The first-order valence-corrected chi connectivity index (χ1v) is 6.05. The molecule has 0 amide bonds. The minimum Gasteiger partial charge on any atom is -0.311 e. The van der Waals surface area contributed by atoms with Gasteiger partial charge in [0.15, 0.2) is 0 Å². The van der Waals surface area contributed by atoms with Crippen LogP contribution >= 0.6 is 0 Å². The van der Waals surface area contributed by atoms with Gasteiger partial charge in [-0.3, -0.25) is 9.83 Å². The topological polar surface area (TPSA) is 40.1 Å². The maximum absolute atomic E-state index is 5.61. The standard InChI is InChI=1S/C12H24N4O/c1-11-5-7-16(10-14-11)17-9-12(2)13-6-8-15(3)4/h5,7,12-13H,6,8-10H2,1-4H3. The van der Waals surface area contributed by atoms with Gasteiger partial charge in [-0.1, -0.05) is 0 Å². The molecule has 0 spiro atoms. The molecule has 17 heavy (non-hydrogen) atoms. The number of likely N-dealkylation sites (N-methyl/N-ethyl adjacent to an activating group) is 1. The van der Waals surface area contributed by atoms with E-state index in [-0.39, 0.29) is 0 Å². The van der Waals surface area contributed by atoms with Gasteiger partial charge in [0, 0.05) is 31.0 Å². The molecule has 5 heteroatoms. The number of aliphatic imine (C=N–C) groups is 1. The molecule has 0 saturated heterocycles. The van der Waals surface area contributed by atoms with Crippen molar-refractivity contribution in [3.63, 3.8) is 0 Å². The maximum atomic E-state index is 5.61. The monoisotopic (exact) mass is 240 g/mol. The Morgan fingerprint density at radius 1 is 1.59 bits per heavy atom. The molecule has 1 heterocycles. The van der Waals surface area contributed by atoms with Crippen LogP contribution in [0.3, 0.4) is 0 Å². The van der Waals surface area contributed by atoms with E-state index in [1.165, 1.54) is 0 Å². The Labute approximate surface area is 104 Å². The van der Waals surface area contributed by atoms with Gasteiger partial charge in [0.25, 0.3) is 0 Å². The predicted octanol–water partition coefficient (Wildman–Crippen LogP) is 0.705. The molecule has 1 rings (SSSR count). The molecule has 0 radical (unpaired) electrons. The van der Waals surface area contributed by atoms with Crippen molar-refractivity contribution in [2.75, 3.05) is 40.5 Å². The van der Waals surface area contributed by atoms with Crippen molar-refractivity contribution in [2.45, 2.75) is 19.9 Å². The number of hydroxylamine groups is 2. The van der Waals surface area contributed by atoms with E-state index in [0.29, 0.717) is 19.3 Å². The highest BCUT2D eigenvalue weighted by atomic mass is 16.7. The molecule has 5 nitrogen and oxygen atoms in total. The first-order chi connectivity index (χ1) is 8.08. The maximum Gasteiger partial charge on any atom is 0.135 e. The predicted molar refractivity (Wildman–Crippen MR) is 70.9 cm³/mol. The molecule has 1 aliphatic rings. The molecule has 1 atom stereocenters. The number of hydrogen-bond acceptors (Lipinski definition) is 5. The zero-order valence-corrected chi connectivity index (χ0v) is 11.3. The second-order valence-corrected chi connectivity index (χ2v) is 4.63. The van der Waals surface area contributed by atoms with Crippen molar-refractivity contribution in [1.29, 1.82) is 0 Å². The molecule has 0 bridgehead atoms.